The monoisotopic (exact) mass is 387 g/mol. The van der Waals surface area contributed by atoms with Gasteiger partial charge in [0, 0.05) is 44.2 Å². The molecule has 0 bridgehead atoms. The largest absolute Gasteiger partial charge is 0.339 e. The standard InChI is InChI=1S/C18H23F2N3O2.ClH/c19-13-4-5-15(16(20)11-13)18(25)23-8-6-22(7-9-23)17(24)12-2-1-3-14(21)10-12;/h4-5,11-12,14H,1-3,6-10,21H2;1H. The van der Waals surface area contributed by atoms with Crippen LogP contribution in [0.1, 0.15) is 36.0 Å². The van der Waals surface area contributed by atoms with Gasteiger partial charge in [-0.3, -0.25) is 9.59 Å². The first-order valence-electron chi connectivity index (χ1n) is 8.74. The zero-order chi connectivity index (χ0) is 18.0. The topological polar surface area (TPSA) is 66.6 Å². The molecule has 0 spiro atoms. The Morgan fingerprint density at radius 2 is 1.69 bits per heavy atom. The molecule has 2 atom stereocenters. The van der Waals surface area contributed by atoms with Gasteiger partial charge >= 0.3 is 0 Å². The number of halogens is 3. The first-order chi connectivity index (χ1) is 12.0. The smallest absolute Gasteiger partial charge is 0.256 e. The molecule has 5 nitrogen and oxygen atoms in total. The van der Waals surface area contributed by atoms with Crippen LogP contribution >= 0.6 is 12.4 Å². The molecular formula is C18H24ClF2N3O2. The highest BCUT2D eigenvalue weighted by Crippen LogP contribution is 2.25. The molecule has 1 aliphatic heterocycles. The highest BCUT2D eigenvalue weighted by atomic mass is 35.5. The molecule has 2 unspecified atom stereocenters. The van der Waals surface area contributed by atoms with Crippen LogP contribution in [0.5, 0.6) is 0 Å². The molecule has 0 radical (unpaired) electrons. The van der Waals surface area contributed by atoms with Crippen molar-refractivity contribution in [2.75, 3.05) is 26.2 Å². The molecule has 1 aromatic carbocycles. The van der Waals surface area contributed by atoms with E-state index >= 15 is 0 Å². The van der Waals surface area contributed by atoms with E-state index < -0.39 is 17.5 Å². The molecule has 2 aliphatic rings. The van der Waals surface area contributed by atoms with E-state index in [-0.39, 0.29) is 35.8 Å². The summed E-state index contributed by atoms with van der Waals surface area (Å²) in [5.41, 5.74) is 5.82. The molecule has 1 saturated carbocycles. The number of piperazine rings is 1. The summed E-state index contributed by atoms with van der Waals surface area (Å²) in [5, 5.41) is 0. The zero-order valence-electron chi connectivity index (χ0n) is 14.5. The Hall–Kier alpha value is -1.73. The first-order valence-corrected chi connectivity index (χ1v) is 8.74. The molecular weight excluding hydrogens is 364 g/mol. The second-order valence-corrected chi connectivity index (χ2v) is 6.87. The summed E-state index contributed by atoms with van der Waals surface area (Å²) < 4.78 is 26.8. The van der Waals surface area contributed by atoms with E-state index in [1.165, 1.54) is 4.90 Å². The summed E-state index contributed by atoms with van der Waals surface area (Å²) in [5.74, 6) is -1.96. The third kappa shape index (κ3) is 4.51. The maximum atomic E-state index is 13.8. The average molecular weight is 388 g/mol. The fourth-order valence-corrected chi connectivity index (χ4v) is 3.67. The van der Waals surface area contributed by atoms with E-state index in [0.29, 0.717) is 32.2 Å². The van der Waals surface area contributed by atoms with Gasteiger partial charge in [0.15, 0.2) is 0 Å². The highest BCUT2D eigenvalue weighted by molar-refractivity contribution is 5.94. The number of amides is 2. The Balaban J connectivity index is 0.00000243. The van der Waals surface area contributed by atoms with Crippen molar-refractivity contribution in [3.8, 4) is 0 Å². The molecule has 2 amide bonds. The highest BCUT2D eigenvalue weighted by Gasteiger charge is 2.32. The van der Waals surface area contributed by atoms with E-state index in [2.05, 4.69) is 0 Å². The van der Waals surface area contributed by atoms with Gasteiger partial charge < -0.3 is 15.5 Å². The Bertz CT molecular complexity index is 666. The SMILES string of the molecule is Cl.NC1CCCC(C(=O)N2CCN(C(=O)c3ccc(F)cc3F)CC2)C1. The molecule has 2 N–H and O–H groups in total. The van der Waals surface area contributed by atoms with E-state index in [9.17, 15) is 18.4 Å². The van der Waals surface area contributed by atoms with Crippen LogP contribution in [0.15, 0.2) is 18.2 Å². The number of nitrogens with zero attached hydrogens (tertiary/aromatic N) is 2. The van der Waals surface area contributed by atoms with Crippen molar-refractivity contribution in [1.82, 2.24) is 9.80 Å². The molecule has 0 aromatic heterocycles. The van der Waals surface area contributed by atoms with Gasteiger partial charge in [-0.25, -0.2) is 8.78 Å². The summed E-state index contributed by atoms with van der Waals surface area (Å²) in [6.45, 7) is 1.55. The maximum absolute atomic E-state index is 13.8. The van der Waals surface area contributed by atoms with Crippen LogP contribution in [0.3, 0.4) is 0 Å². The molecule has 1 heterocycles. The number of carbonyl (C=O) groups is 2. The van der Waals surface area contributed by atoms with Crippen LogP contribution in [0.4, 0.5) is 8.78 Å². The average Bonchev–Trinajstić information content (AvgIpc) is 2.61. The lowest BCUT2D eigenvalue weighted by atomic mass is 9.85. The fraction of sp³-hybridized carbons (Fsp3) is 0.556. The van der Waals surface area contributed by atoms with Crippen LogP contribution in [-0.4, -0.2) is 53.8 Å². The minimum absolute atomic E-state index is 0. The van der Waals surface area contributed by atoms with Gasteiger partial charge in [0.2, 0.25) is 5.91 Å². The minimum Gasteiger partial charge on any atom is -0.339 e. The molecule has 1 aliphatic carbocycles. The molecule has 1 saturated heterocycles. The molecule has 3 rings (SSSR count). The first kappa shape index (κ1) is 20.6. The molecule has 8 heteroatoms. The van der Waals surface area contributed by atoms with Gasteiger partial charge in [-0.05, 0) is 31.4 Å². The summed E-state index contributed by atoms with van der Waals surface area (Å²) in [6.07, 6.45) is 3.53. The van der Waals surface area contributed by atoms with Gasteiger partial charge in [0.25, 0.3) is 5.91 Å². The van der Waals surface area contributed by atoms with Crippen LogP contribution in [0.25, 0.3) is 0 Å². The van der Waals surface area contributed by atoms with Gasteiger partial charge in [-0.1, -0.05) is 6.42 Å². The summed E-state index contributed by atoms with van der Waals surface area (Å²) >= 11 is 0. The predicted octanol–water partition coefficient (Wildman–Crippen LogP) is 2.19. The lowest BCUT2D eigenvalue weighted by Gasteiger charge is -2.37. The van der Waals surface area contributed by atoms with Crippen molar-refractivity contribution in [3.63, 3.8) is 0 Å². The second kappa shape index (κ2) is 8.77. The van der Waals surface area contributed by atoms with E-state index in [0.717, 1.165) is 37.8 Å². The van der Waals surface area contributed by atoms with Crippen molar-refractivity contribution in [3.05, 3.63) is 35.4 Å². The second-order valence-electron chi connectivity index (χ2n) is 6.87. The van der Waals surface area contributed by atoms with Crippen molar-refractivity contribution >= 4 is 24.2 Å². The number of rotatable bonds is 2. The number of carbonyl (C=O) groups excluding carboxylic acids is 2. The lowest BCUT2D eigenvalue weighted by molar-refractivity contribution is -0.138. The van der Waals surface area contributed by atoms with E-state index in [4.69, 9.17) is 5.73 Å². The quantitative estimate of drug-likeness (QED) is 0.845. The molecule has 2 fully saturated rings. The van der Waals surface area contributed by atoms with Crippen molar-refractivity contribution in [2.45, 2.75) is 31.7 Å². The fourth-order valence-electron chi connectivity index (χ4n) is 3.67. The Kier molecular flexibility index (Phi) is 6.94. The van der Waals surface area contributed by atoms with Crippen LogP contribution in [0.2, 0.25) is 0 Å². The minimum atomic E-state index is -0.861. The summed E-state index contributed by atoms with van der Waals surface area (Å²) in [4.78, 5) is 28.3. The third-order valence-electron chi connectivity index (χ3n) is 5.10. The van der Waals surface area contributed by atoms with Gasteiger partial charge in [0.05, 0.1) is 5.56 Å². The lowest BCUT2D eigenvalue weighted by Crippen LogP contribution is -2.52. The summed E-state index contributed by atoms with van der Waals surface area (Å²) in [6, 6.07) is 3.03. The Morgan fingerprint density at radius 3 is 2.31 bits per heavy atom. The summed E-state index contributed by atoms with van der Waals surface area (Å²) in [7, 11) is 0. The van der Waals surface area contributed by atoms with Gasteiger partial charge in [-0.15, -0.1) is 12.4 Å². The number of hydrogen-bond donors (Lipinski definition) is 1. The van der Waals surface area contributed by atoms with E-state index in [1.54, 1.807) is 4.90 Å². The Labute approximate surface area is 157 Å². The van der Waals surface area contributed by atoms with Crippen LogP contribution in [0, 0.1) is 17.6 Å². The van der Waals surface area contributed by atoms with Gasteiger partial charge in [0.1, 0.15) is 11.6 Å². The number of benzene rings is 1. The maximum Gasteiger partial charge on any atom is 0.256 e. The Morgan fingerprint density at radius 1 is 1.04 bits per heavy atom. The normalized spacial score (nSPS) is 23.3. The zero-order valence-corrected chi connectivity index (χ0v) is 15.3. The van der Waals surface area contributed by atoms with E-state index in [1.807, 2.05) is 0 Å². The van der Waals surface area contributed by atoms with Crippen molar-refractivity contribution in [1.29, 1.82) is 0 Å². The van der Waals surface area contributed by atoms with Crippen LogP contribution in [-0.2, 0) is 4.79 Å². The van der Waals surface area contributed by atoms with Crippen LogP contribution < -0.4 is 5.73 Å². The number of nitrogens with two attached hydrogens (primary N) is 1. The van der Waals surface area contributed by atoms with Crippen molar-refractivity contribution in [2.24, 2.45) is 11.7 Å². The van der Waals surface area contributed by atoms with Gasteiger partial charge in [-0.2, -0.15) is 0 Å². The van der Waals surface area contributed by atoms with Crippen molar-refractivity contribution < 1.29 is 18.4 Å². The predicted molar refractivity (Wildman–Crippen MR) is 96.0 cm³/mol. The number of hydrogen-bond acceptors (Lipinski definition) is 3. The molecule has 144 valence electrons. The molecule has 26 heavy (non-hydrogen) atoms. The molecule has 1 aromatic rings. The third-order valence-corrected chi connectivity index (χ3v) is 5.10.